The molecule has 1 aliphatic carbocycles. The van der Waals surface area contributed by atoms with Gasteiger partial charge in [0.1, 0.15) is 0 Å². The number of hydrogen-bond acceptors (Lipinski definition) is 0. The van der Waals surface area contributed by atoms with Gasteiger partial charge in [-0.1, -0.05) is 44.4 Å². The minimum Gasteiger partial charge on any atom is -0.358 e. The van der Waals surface area contributed by atoms with E-state index in [-0.39, 0.29) is 0 Å². The van der Waals surface area contributed by atoms with Crippen molar-refractivity contribution in [1.82, 2.24) is 4.98 Å². The number of aromatic amines is 1. The van der Waals surface area contributed by atoms with Crippen LogP contribution >= 0.6 is 0 Å². The molecule has 1 aliphatic rings. The van der Waals surface area contributed by atoms with Crippen LogP contribution in [0.25, 0.3) is 10.9 Å². The Bertz CT molecular complexity index is 474. The van der Waals surface area contributed by atoms with Gasteiger partial charge in [0.15, 0.2) is 0 Å². The van der Waals surface area contributed by atoms with Crippen molar-refractivity contribution < 1.29 is 0 Å². The molecule has 0 spiro atoms. The Morgan fingerprint density at radius 2 is 2.11 bits per heavy atom. The molecule has 2 aromatic rings. The second-order valence-electron chi connectivity index (χ2n) is 5.75. The van der Waals surface area contributed by atoms with Gasteiger partial charge < -0.3 is 4.98 Å². The quantitative estimate of drug-likeness (QED) is 0.736. The van der Waals surface area contributed by atoms with E-state index in [1.54, 1.807) is 0 Å². The smallest absolute Gasteiger partial charge is 0.0456 e. The summed E-state index contributed by atoms with van der Waals surface area (Å²) < 4.78 is 0. The number of hydrogen-bond donors (Lipinski definition) is 1. The van der Waals surface area contributed by atoms with E-state index in [1.807, 2.05) is 0 Å². The number of para-hydroxylation sites is 1. The van der Waals surface area contributed by atoms with E-state index in [2.05, 4.69) is 42.2 Å². The Hall–Kier alpha value is -1.24. The Balaban J connectivity index is 1.87. The Labute approximate surface area is 110 Å². The standard InChI is InChI=1S/C17H23N/c1-2-3-10-15(13-8-6-9-13)17-12-14-7-4-5-11-16(14)18-17/h4-5,7,11-13,15,18H,2-3,6,8-10H2,1H3. The molecule has 0 saturated heterocycles. The number of fused-ring (bicyclic) bond motifs is 1. The van der Waals surface area contributed by atoms with E-state index in [0.29, 0.717) is 0 Å². The maximum absolute atomic E-state index is 3.65. The highest BCUT2D eigenvalue weighted by Crippen LogP contribution is 2.42. The summed E-state index contributed by atoms with van der Waals surface area (Å²) in [6, 6.07) is 11.0. The van der Waals surface area contributed by atoms with Gasteiger partial charge in [0.25, 0.3) is 0 Å². The third kappa shape index (κ3) is 2.19. The van der Waals surface area contributed by atoms with Gasteiger partial charge in [-0.3, -0.25) is 0 Å². The average molecular weight is 241 g/mol. The lowest BCUT2D eigenvalue weighted by atomic mass is 9.72. The zero-order valence-corrected chi connectivity index (χ0v) is 11.3. The molecule has 1 aromatic carbocycles. The molecule has 0 radical (unpaired) electrons. The van der Waals surface area contributed by atoms with E-state index in [0.717, 1.165) is 11.8 Å². The van der Waals surface area contributed by atoms with Crippen molar-refractivity contribution in [3.8, 4) is 0 Å². The maximum Gasteiger partial charge on any atom is 0.0456 e. The first-order valence-corrected chi connectivity index (χ1v) is 7.46. The van der Waals surface area contributed by atoms with Gasteiger partial charge in [0, 0.05) is 17.1 Å². The number of nitrogens with one attached hydrogen (secondary N) is 1. The molecule has 1 heteroatoms. The van der Waals surface area contributed by atoms with Crippen LogP contribution in [0.5, 0.6) is 0 Å². The molecule has 1 heterocycles. The van der Waals surface area contributed by atoms with Crippen molar-refractivity contribution in [2.24, 2.45) is 5.92 Å². The first-order valence-electron chi connectivity index (χ1n) is 7.46. The fraction of sp³-hybridized carbons (Fsp3) is 0.529. The minimum absolute atomic E-state index is 0.770. The van der Waals surface area contributed by atoms with E-state index >= 15 is 0 Å². The molecule has 1 N–H and O–H groups in total. The number of rotatable bonds is 5. The van der Waals surface area contributed by atoms with E-state index in [4.69, 9.17) is 0 Å². The van der Waals surface area contributed by atoms with Crippen LogP contribution in [0.3, 0.4) is 0 Å². The average Bonchev–Trinajstić information content (AvgIpc) is 2.75. The normalized spacial score (nSPS) is 17.8. The molecule has 96 valence electrons. The molecule has 1 aromatic heterocycles. The van der Waals surface area contributed by atoms with Crippen LogP contribution in [-0.4, -0.2) is 4.98 Å². The lowest BCUT2D eigenvalue weighted by Gasteiger charge is -2.33. The van der Waals surface area contributed by atoms with E-state index in [9.17, 15) is 0 Å². The molecule has 1 fully saturated rings. The van der Waals surface area contributed by atoms with Crippen molar-refractivity contribution in [3.05, 3.63) is 36.0 Å². The second kappa shape index (κ2) is 5.17. The Morgan fingerprint density at radius 1 is 1.28 bits per heavy atom. The first kappa shape index (κ1) is 11.8. The van der Waals surface area contributed by atoms with Crippen LogP contribution < -0.4 is 0 Å². The minimum atomic E-state index is 0.770. The van der Waals surface area contributed by atoms with Crippen LogP contribution in [-0.2, 0) is 0 Å². The van der Waals surface area contributed by atoms with Crippen molar-refractivity contribution in [3.63, 3.8) is 0 Å². The highest BCUT2D eigenvalue weighted by molar-refractivity contribution is 5.80. The summed E-state index contributed by atoms with van der Waals surface area (Å²) in [5.41, 5.74) is 2.78. The largest absolute Gasteiger partial charge is 0.358 e. The summed E-state index contributed by atoms with van der Waals surface area (Å²) in [7, 11) is 0. The molecular weight excluding hydrogens is 218 g/mol. The summed E-state index contributed by atoms with van der Waals surface area (Å²) in [4.78, 5) is 3.65. The summed E-state index contributed by atoms with van der Waals surface area (Å²) >= 11 is 0. The zero-order valence-electron chi connectivity index (χ0n) is 11.3. The Kier molecular flexibility index (Phi) is 3.40. The monoisotopic (exact) mass is 241 g/mol. The second-order valence-corrected chi connectivity index (χ2v) is 5.75. The van der Waals surface area contributed by atoms with Gasteiger partial charge in [0.2, 0.25) is 0 Å². The van der Waals surface area contributed by atoms with Gasteiger partial charge in [-0.25, -0.2) is 0 Å². The summed E-state index contributed by atoms with van der Waals surface area (Å²) in [6.07, 6.45) is 8.33. The highest BCUT2D eigenvalue weighted by atomic mass is 14.7. The van der Waals surface area contributed by atoms with Gasteiger partial charge >= 0.3 is 0 Å². The van der Waals surface area contributed by atoms with Crippen molar-refractivity contribution in [1.29, 1.82) is 0 Å². The molecule has 1 atom stereocenters. The summed E-state index contributed by atoms with van der Waals surface area (Å²) in [5.74, 6) is 1.70. The van der Waals surface area contributed by atoms with Crippen molar-refractivity contribution in [2.45, 2.75) is 51.4 Å². The topological polar surface area (TPSA) is 15.8 Å². The highest BCUT2D eigenvalue weighted by Gasteiger charge is 2.28. The summed E-state index contributed by atoms with van der Waals surface area (Å²) in [6.45, 7) is 2.29. The number of H-pyrrole nitrogens is 1. The van der Waals surface area contributed by atoms with Gasteiger partial charge in [-0.15, -0.1) is 0 Å². The molecule has 18 heavy (non-hydrogen) atoms. The fourth-order valence-corrected chi connectivity index (χ4v) is 3.21. The lowest BCUT2D eigenvalue weighted by Crippen LogP contribution is -2.20. The van der Waals surface area contributed by atoms with E-state index in [1.165, 1.54) is 55.1 Å². The summed E-state index contributed by atoms with van der Waals surface area (Å²) in [5, 5.41) is 1.37. The van der Waals surface area contributed by atoms with Crippen LogP contribution in [0.4, 0.5) is 0 Å². The fourth-order valence-electron chi connectivity index (χ4n) is 3.21. The third-order valence-corrected chi connectivity index (χ3v) is 4.54. The van der Waals surface area contributed by atoms with Crippen LogP contribution in [0.15, 0.2) is 30.3 Å². The number of benzene rings is 1. The molecule has 0 bridgehead atoms. The van der Waals surface area contributed by atoms with Crippen molar-refractivity contribution in [2.75, 3.05) is 0 Å². The molecule has 1 saturated carbocycles. The predicted molar refractivity (Wildman–Crippen MR) is 77.9 cm³/mol. The van der Waals surface area contributed by atoms with Crippen LogP contribution in [0, 0.1) is 5.92 Å². The molecular formula is C17H23N. The number of unbranched alkanes of at least 4 members (excludes halogenated alkanes) is 1. The first-order chi connectivity index (χ1) is 8.88. The third-order valence-electron chi connectivity index (χ3n) is 4.54. The number of aromatic nitrogens is 1. The van der Waals surface area contributed by atoms with Gasteiger partial charge in [0.05, 0.1) is 0 Å². The van der Waals surface area contributed by atoms with Gasteiger partial charge in [-0.05, 0) is 42.7 Å². The Morgan fingerprint density at radius 3 is 2.78 bits per heavy atom. The molecule has 0 aliphatic heterocycles. The molecule has 0 amide bonds. The lowest BCUT2D eigenvalue weighted by molar-refractivity contribution is 0.246. The maximum atomic E-state index is 3.65. The predicted octanol–water partition coefficient (Wildman–Crippen LogP) is 5.24. The van der Waals surface area contributed by atoms with Gasteiger partial charge in [-0.2, -0.15) is 0 Å². The zero-order chi connectivity index (χ0) is 12.4. The molecule has 1 unspecified atom stereocenters. The molecule has 1 nitrogen and oxygen atoms in total. The van der Waals surface area contributed by atoms with Crippen LogP contribution in [0.2, 0.25) is 0 Å². The van der Waals surface area contributed by atoms with E-state index < -0.39 is 0 Å². The SMILES string of the molecule is CCCCC(c1cc2ccccc2[nH]1)C1CCC1. The van der Waals surface area contributed by atoms with Crippen molar-refractivity contribution >= 4 is 10.9 Å². The molecule has 3 rings (SSSR count). The van der Waals surface area contributed by atoms with Crippen LogP contribution in [0.1, 0.15) is 57.1 Å².